The van der Waals surface area contributed by atoms with Gasteiger partial charge in [0.25, 0.3) is 5.91 Å². The van der Waals surface area contributed by atoms with Crippen molar-refractivity contribution in [2.24, 2.45) is 0 Å². The summed E-state index contributed by atoms with van der Waals surface area (Å²) >= 11 is 0. The molecule has 0 fully saturated rings. The molecule has 1 aliphatic heterocycles. The van der Waals surface area contributed by atoms with Gasteiger partial charge in [0, 0.05) is 17.8 Å². The summed E-state index contributed by atoms with van der Waals surface area (Å²) in [5, 5.41) is 9.13. The van der Waals surface area contributed by atoms with Gasteiger partial charge in [-0.2, -0.15) is 0 Å². The first-order valence-electron chi connectivity index (χ1n) is 5.92. The second-order valence-corrected chi connectivity index (χ2v) is 5.03. The standard InChI is InChI=1S/C13H18N2O3/c1-13(2,5-6-16)15-10-7-9(14)3-4-11(10)18-8-12(15)17/h3-4,7,16H,5-6,8,14H2,1-2H3. The molecular weight excluding hydrogens is 232 g/mol. The number of aliphatic hydroxyl groups excluding tert-OH is 1. The fourth-order valence-corrected chi connectivity index (χ4v) is 2.22. The Balaban J connectivity index is 2.47. The molecule has 0 saturated heterocycles. The molecular formula is C13H18N2O3. The molecule has 0 saturated carbocycles. The van der Waals surface area contributed by atoms with Crippen LogP contribution >= 0.6 is 0 Å². The van der Waals surface area contributed by atoms with Crippen molar-refractivity contribution in [3.8, 4) is 5.75 Å². The molecule has 0 aliphatic carbocycles. The number of anilines is 2. The monoisotopic (exact) mass is 250 g/mol. The topological polar surface area (TPSA) is 75.8 Å². The molecule has 2 rings (SSSR count). The summed E-state index contributed by atoms with van der Waals surface area (Å²) in [6, 6.07) is 5.23. The second kappa shape index (κ2) is 4.49. The Bertz CT molecular complexity index is 471. The maximum atomic E-state index is 12.1. The number of carbonyl (C=O) groups excluding carboxylic acids is 1. The lowest BCUT2D eigenvalue weighted by atomic mass is 9.96. The van der Waals surface area contributed by atoms with Crippen LogP contribution in [-0.2, 0) is 4.79 Å². The minimum absolute atomic E-state index is 0.0196. The van der Waals surface area contributed by atoms with E-state index in [1.807, 2.05) is 13.8 Å². The van der Waals surface area contributed by atoms with Crippen LogP contribution in [0.3, 0.4) is 0 Å². The molecule has 1 aliphatic rings. The van der Waals surface area contributed by atoms with Gasteiger partial charge in [0.2, 0.25) is 0 Å². The molecule has 5 nitrogen and oxygen atoms in total. The van der Waals surface area contributed by atoms with Crippen LogP contribution in [0.25, 0.3) is 0 Å². The highest BCUT2D eigenvalue weighted by molar-refractivity contribution is 5.99. The number of hydrogen-bond donors (Lipinski definition) is 2. The first-order valence-corrected chi connectivity index (χ1v) is 5.92. The molecule has 1 aromatic rings. The van der Waals surface area contributed by atoms with Gasteiger partial charge < -0.3 is 20.5 Å². The van der Waals surface area contributed by atoms with E-state index in [-0.39, 0.29) is 19.1 Å². The fraction of sp³-hybridized carbons (Fsp3) is 0.462. The lowest BCUT2D eigenvalue weighted by Crippen LogP contribution is -2.52. The van der Waals surface area contributed by atoms with Gasteiger partial charge in [0.05, 0.1) is 5.69 Å². The van der Waals surface area contributed by atoms with Crippen LogP contribution in [0.15, 0.2) is 18.2 Å². The Kier molecular flexibility index (Phi) is 3.17. The normalized spacial score (nSPS) is 15.3. The highest BCUT2D eigenvalue weighted by atomic mass is 16.5. The number of aliphatic hydroxyl groups is 1. The van der Waals surface area contributed by atoms with Gasteiger partial charge in [-0.15, -0.1) is 0 Å². The largest absolute Gasteiger partial charge is 0.482 e. The number of nitrogen functional groups attached to an aromatic ring is 1. The summed E-state index contributed by atoms with van der Waals surface area (Å²) in [5.41, 5.74) is 6.54. The van der Waals surface area contributed by atoms with E-state index < -0.39 is 5.54 Å². The van der Waals surface area contributed by atoms with Gasteiger partial charge >= 0.3 is 0 Å². The van der Waals surface area contributed by atoms with Gasteiger partial charge in [-0.3, -0.25) is 4.79 Å². The average molecular weight is 250 g/mol. The van der Waals surface area contributed by atoms with Crippen molar-refractivity contribution >= 4 is 17.3 Å². The number of nitrogens with zero attached hydrogens (tertiary/aromatic N) is 1. The van der Waals surface area contributed by atoms with Crippen LogP contribution in [0.2, 0.25) is 0 Å². The summed E-state index contributed by atoms with van der Waals surface area (Å²) in [6.45, 7) is 3.87. The van der Waals surface area contributed by atoms with Gasteiger partial charge in [0.1, 0.15) is 5.75 Å². The van der Waals surface area contributed by atoms with E-state index in [2.05, 4.69) is 0 Å². The molecule has 1 aromatic carbocycles. The smallest absolute Gasteiger partial charge is 0.265 e. The van der Waals surface area contributed by atoms with E-state index in [0.29, 0.717) is 23.5 Å². The predicted molar refractivity (Wildman–Crippen MR) is 69.6 cm³/mol. The third kappa shape index (κ3) is 2.13. The molecule has 0 aromatic heterocycles. The van der Waals surface area contributed by atoms with Crippen LogP contribution in [0.4, 0.5) is 11.4 Å². The predicted octanol–water partition coefficient (Wildman–Crippen LogP) is 1.16. The van der Waals surface area contributed by atoms with Crippen LogP contribution in [-0.4, -0.2) is 29.8 Å². The number of hydrogen-bond acceptors (Lipinski definition) is 4. The molecule has 5 heteroatoms. The van der Waals surface area contributed by atoms with Gasteiger partial charge in [-0.25, -0.2) is 0 Å². The van der Waals surface area contributed by atoms with Crippen molar-refractivity contribution in [1.82, 2.24) is 0 Å². The zero-order valence-corrected chi connectivity index (χ0v) is 10.6. The summed E-state index contributed by atoms with van der Waals surface area (Å²) in [7, 11) is 0. The number of nitrogens with two attached hydrogens (primary N) is 1. The summed E-state index contributed by atoms with van der Waals surface area (Å²) in [5.74, 6) is 0.529. The Labute approximate surface area is 106 Å². The summed E-state index contributed by atoms with van der Waals surface area (Å²) < 4.78 is 5.38. The van der Waals surface area contributed by atoms with Gasteiger partial charge in [-0.1, -0.05) is 0 Å². The maximum absolute atomic E-state index is 12.1. The highest BCUT2D eigenvalue weighted by Gasteiger charge is 2.36. The molecule has 0 atom stereocenters. The van der Waals surface area contributed by atoms with E-state index >= 15 is 0 Å². The first-order chi connectivity index (χ1) is 8.45. The Hall–Kier alpha value is -1.75. The maximum Gasteiger partial charge on any atom is 0.265 e. The number of rotatable bonds is 3. The second-order valence-electron chi connectivity index (χ2n) is 5.03. The van der Waals surface area contributed by atoms with Crippen molar-refractivity contribution in [3.05, 3.63) is 18.2 Å². The molecule has 0 unspecified atom stereocenters. The minimum Gasteiger partial charge on any atom is -0.482 e. The molecule has 1 amide bonds. The number of benzene rings is 1. The number of ether oxygens (including phenoxy) is 1. The third-order valence-electron chi connectivity index (χ3n) is 3.15. The van der Waals surface area contributed by atoms with Crippen molar-refractivity contribution in [2.75, 3.05) is 23.8 Å². The Morgan fingerprint density at radius 3 is 2.89 bits per heavy atom. The average Bonchev–Trinajstić information content (AvgIpc) is 2.27. The molecule has 0 radical (unpaired) electrons. The van der Waals surface area contributed by atoms with E-state index in [9.17, 15) is 4.79 Å². The van der Waals surface area contributed by atoms with E-state index in [4.69, 9.17) is 15.6 Å². The number of fused-ring (bicyclic) bond motifs is 1. The van der Waals surface area contributed by atoms with Crippen molar-refractivity contribution < 1.29 is 14.6 Å². The fourth-order valence-electron chi connectivity index (χ4n) is 2.22. The highest BCUT2D eigenvalue weighted by Crippen LogP contribution is 2.38. The molecule has 0 spiro atoms. The van der Waals surface area contributed by atoms with E-state index in [1.54, 1.807) is 23.1 Å². The van der Waals surface area contributed by atoms with Crippen molar-refractivity contribution in [1.29, 1.82) is 0 Å². The van der Waals surface area contributed by atoms with Crippen LogP contribution in [0.5, 0.6) is 5.75 Å². The zero-order chi connectivity index (χ0) is 13.3. The van der Waals surface area contributed by atoms with Crippen molar-refractivity contribution in [2.45, 2.75) is 25.8 Å². The number of carbonyl (C=O) groups is 1. The molecule has 18 heavy (non-hydrogen) atoms. The Morgan fingerprint density at radius 1 is 1.50 bits per heavy atom. The van der Waals surface area contributed by atoms with Crippen molar-refractivity contribution in [3.63, 3.8) is 0 Å². The lowest BCUT2D eigenvalue weighted by Gasteiger charge is -2.41. The minimum atomic E-state index is -0.474. The zero-order valence-electron chi connectivity index (χ0n) is 10.6. The molecule has 0 bridgehead atoms. The van der Waals surface area contributed by atoms with Crippen LogP contribution in [0, 0.1) is 0 Å². The lowest BCUT2D eigenvalue weighted by molar-refractivity contribution is -0.122. The molecule has 1 heterocycles. The Morgan fingerprint density at radius 2 is 2.22 bits per heavy atom. The molecule has 98 valence electrons. The SMILES string of the molecule is CC(C)(CCO)N1C(=O)COc2ccc(N)cc21. The number of amides is 1. The van der Waals surface area contributed by atoms with E-state index in [0.717, 1.165) is 0 Å². The third-order valence-corrected chi connectivity index (χ3v) is 3.15. The first kappa shape index (κ1) is 12.7. The van der Waals surface area contributed by atoms with Gasteiger partial charge in [0.15, 0.2) is 6.61 Å². The van der Waals surface area contributed by atoms with Crippen LogP contribution in [0.1, 0.15) is 20.3 Å². The summed E-state index contributed by atoms with van der Waals surface area (Å²) in [4.78, 5) is 13.7. The van der Waals surface area contributed by atoms with E-state index in [1.165, 1.54) is 0 Å². The van der Waals surface area contributed by atoms with Crippen LogP contribution < -0.4 is 15.4 Å². The summed E-state index contributed by atoms with van der Waals surface area (Å²) in [6.07, 6.45) is 0.493. The molecule has 3 N–H and O–H groups in total. The van der Waals surface area contributed by atoms with Gasteiger partial charge in [-0.05, 0) is 38.5 Å². The quantitative estimate of drug-likeness (QED) is 0.789.